The Labute approximate surface area is 209 Å². The van der Waals surface area contributed by atoms with E-state index in [0.29, 0.717) is 61.4 Å². The minimum atomic E-state index is -0.168. The van der Waals surface area contributed by atoms with Crippen molar-refractivity contribution < 1.29 is 28.2 Å². The van der Waals surface area contributed by atoms with Gasteiger partial charge in [0, 0.05) is 26.3 Å². The zero-order valence-corrected chi connectivity index (χ0v) is 20.8. The Morgan fingerprint density at radius 1 is 1.06 bits per heavy atom. The van der Waals surface area contributed by atoms with E-state index in [1.807, 2.05) is 55.6 Å². The molecule has 2 amide bonds. The Kier molecular flexibility index (Phi) is 8.44. The summed E-state index contributed by atoms with van der Waals surface area (Å²) in [5.41, 5.74) is 0.901. The molecule has 186 valence electrons. The predicted molar refractivity (Wildman–Crippen MR) is 132 cm³/mol. The molecule has 0 N–H and O–H groups in total. The second kappa shape index (κ2) is 11.9. The van der Waals surface area contributed by atoms with Crippen LogP contribution in [0.1, 0.15) is 40.1 Å². The van der Waals surface area contributed by atoms with Crippen molar-refractivity contribution in [1.29, 1.82) is 0 Å². The summed E-state index contributed by atoms with van der Waals surface area (Å²) < 4.78 is 22.1. The van der Waals surface area contributed by atoms with Crippen LogP contribution in [-0.2, 0) is 22.6 Å². The van der Waals surface area contributed by atoms with E-state index in [1.165, 1.54) is 11.3 Å². The number of carbonyl (C=O) groups is 2. The number of carbonyl (C=O) groups excluding carboxylic acids is 2. The lowest BCUT2D eigenvalue weighted by Gasteiger charge is -2.27. The summed E-state index contributed by atoms with van der Waals surface area (Å²) >= 11 is 1.37. The molecule has 4 rings (SSSR count). The summed E-state index contributed by atoms with van der Waals surface area (Å²) in [4.78, 5) is 30.6. The standard InChI is InChI=1S/C26H30N2O6S/c1-3-31-12-5-11-27(26(30)24-6-4-13-35-24)17-25(29)28(16-21-9-7-19(2)34-21)15-20-8-10-22-23(14-20)33-18-32-22/h4,6-10,13-14H,3,5,11-12,15-18H2,1-2H3. The van der Waals surface area contributed by atoms with E-state index < -0.39 is 0 Å². The van der Waals surface area contributed by atoms with Gasteiger partial charge in [-0.25, -0.2) is 0 Å². The second-order valence-corrected chi connectivity index (χ2v) is 9.15. The Bertz CT molecular complexity index is 1130. The molecule has 2 aromatic heterocycles. The maximum atomic E-state index is 13.6. The van der Waals surface area contributed by atoms with Crippen LogP contribution in [0.15, 0.2) is 52.3 Å². The molecule has 1 aliphatic heterocycles. The highest BCUT2D eigenvalue weighted by molar-refractivity contribution is 7.12. The summed E-state index contributed by atoms with van der Waals surface area (Å²) in [7, 11) is 0. The van der Waals surface area contributed by atoms with Crippen molar-refractivity contribution in [3.63, 3.8) is 0 Å². The molecule has 8 nitrogen and oxygen atoms in total. The van der Waals surface area contributed by atoms with Gasteiger partial charge in [-0.3, -0.25) is 9.59 Å². The predicted octanol–water partition coefficient (Wildman–Crippen LogP) is 4.48. The molecule has 3 heterocycles. The molecule has 9 heteroatoms. The lowest BCUT2D eigenvalue weighted by Crippen LogP contribution is -2.43. The van der Waals surface area contributed by atoms with Crippen molar-refractivity contribution in [3.05, 3.63) is 69.8 Å². The van der Waals surface area contributed by atoms with Crippen LogP contribution in [-0.4, -0.2) is 54.7 Å². The van der Waals surface area contributed by atoms with Gasteiger partial charge in [-0.1, -0.05) is 12.1 Å². The normalized spacial score (nSPS) is 12.1. The second-order valence-electron chi connectivity index (χ2n) is 8.20. The van der Waals surface area contributed by atoms with Crippen molar-refractivity contribution in [3.8, 4) is 11.5 Å². The quantitative estimate of drug-likeness (QED) is 0.343. The van der Waals surface area contributed by atoms with Crippen LogP contribution in [0.3, 0.4) is 0 Å². The van der Waals surface area contributed by atoms with E-state index in [9.17, 15) is 9.59 Å². The number of rotatable bonds is 12. The highest BCUT2D eigenvalue weighted by Crippen LogP contribution is 2.33. The maximum Gasteiger partial charge on any atom is 0.264 e. The SMILES string of the molecule is CCOCCCN(CC(=O)N(Cc1ccc2c(c1)OCO2)Cc1ccc(C)o1)C(=O)c1cccs1. The van der Waals surface area contributed by atoms with Gasteiger partial charge in [0.15, 0.2) is 11.5 Å². The number of amides is 2. The molecule has 1 aromatic carbocycles. The average molecular weight is 499 g/mol. The van der Waals surface area contributed by atoms with Gasteiger partial charge in [0.05, 0.1) is 11.4 Å². The summed E-state index contributed by atoms with van der Waals surface area (Å²) in [5.74, 6) is 2.49. The van der Waals surface area contributed by atoms with Crippen LogP contribution in [0.4, 0.5) is 0 Å². The van der Waals surface area contributed by atoms with Gasteiger partial charge < -0.3 is 28.4 Å². The molecule has 1 aliphatic rings. The molecule has 0 aliphatic carbocycles. The number of aryl methyl sites for hydroxylation is 1. The van der Waals surface area contributed by atoms with Crippen LogP contribution < -0.4 is 9.47 Å². The first kappa shape index (κ1) is 24.8. The van der Waals surface area contributed by atoms with Crippen LogP contribution >= 0.6 is 11.3 Å². The third-order valence-corrected chi connectivity index (χ3v) is 6.43. The first-order chi connectivity index (χ1) is 17.0. The fourth-order valence-corrected chi connectivity index (χ4v) is 4.51. The van der Waals surface area contributed by atoms with Crippen LogP contribution in [0.25, 0.3) is 0 Å². The zero-order chi connectivity index (χ0) is 24.6. The van der Waals surface area contributed by atoms with Crippen LogP contribution in [0.5, 0.6) is 11.5 Å². The number of thiophene rings is 1. The molecule has 35 heavy (non-hydrogen) atoms. The summed E-state index contributed by atoms with van der Waals surface area (Å²) in [5, 5.41) is 1.86. The lowest BCUT2D eigenvalue weighted by molar-refractivity contribution is -0.133. The molecular formula is C26H30N2O6S. The maximum absolute atomic E-state index is 13.6. The molecule has 0 spiro atoms. The van der Waals surface area contributed by atoms with Gasteiger partial charge in [-0.05, 0) is 61.5 Å². The molecule has 0 radical (unpaired) electrons. The van der Waals surface area contributed by atoms with Crippen molar-refractivity contribution in [2.75, 3.05) is 33.1 Å². The molecule has 0 unspecified atom stereocenters. The number of nitrogens with zero attached hydrogens (tertiary/aromatic N) is 2. The topological polar surface area (TPSA) is 81.5 Å². The van der Waals surface area contributed by atoms with Crippen molar-refractivity contribution >= 4 is 23.2 Å². The molecule has 0 saturated carbocycles. The molecule has 0 fully saturated rings. The first-order valence-electron chi connectivity index (χ1n) is 11.7. The first-order valence-corrected chi connectivity index (χ1v) is 12.5. The highest BCUT2D eigenvalue weighted by atomic mass is 32.1. The lowest BCUT2D eigenvalue weighted by atomic mass is 10.1. The number of benzene rings is 1. The van der Waals surface area contributed by atoms with Crippen LogP contribution in [0, 0.1) is 6.92 Å². The van der Waals surface area contributed by atoms with E-state index in [0.717, 1.165) is 11.3 Å². The van der Waals surface area contributed by atoms with Crippen LogP contribution in [0.2, 0.25) is 0 Å². The number of furan rings is 1. The van der Waals surface area contributed by atoms with Gasteiger partial charge in [0.2, 0.25) is 12.7 Å². The van der Waals surface area contributed by atoms with Gasteiger partial charge in [0.1, 0.15) is 18.1 Å². The van der Waals surface area contributed by atoms with Gasteiger partial charge >= 0.3 is 0 Å². The summed E-state index contributed by atoms with van der Waals surface area (Å²) in [6.45, 7) is 6.17. The molecule has 0 atom stereocenters. The molecule has 0 bridgehead atoms. The smallest absolute Gasteiger partial charge is 0.264 e. The van der Waals surface area contributed by atoms with E-state index >= 15 is 0 Å². The van der Waals surface area contributed by atoms with Gasteiger partial charge in [-0.15, -0.1) is 11.3 Å². The molecule has 0 saturated heterocycles. The number of hydrogen-bond acceptors (Lipinski definition) is 7. The monoisotopic (exact) mass is 498 g/mol. The van der Waals surface area contributed by atoms with E-state index in [-0.39, 0.29) is 25.2 Å². The fourth-order valence-electron chi connectivity index (χ4n) is 3.82. The minimum absolute atomic E-state index is 0.0346. The zero-order valence-electron chi connectivity index (χ0n) is 20.0. The third kappa shape index (κ3) is 6.64. The van der Waals surface area contributed by atoms with Crippen molar-refractivity contribution in [2.45, 2.75) is 33.4 Å². The van der Waals surface area contributed by atoms with Crippen molar-refractivity contribution in [2.24, 2.45) is 0 Å². The number of ether oxygens (including phenoxy) is 3. The fraction of sp³-hybridized carbons (Fsp3) is 0.385. The minimum Gasteiger partial charge on any atom is -0.464 e. The van der Waals surface area contributed by atoms with E-state index in [4.69, 9.17) is 18.6 Å². The van der Waals surface area contributed by atoms with Gasteiger partial charge in [-0.2, -0.15) is 0 Å². The Morgan fingerprint density at radius 3 is 2.66 bits per heavy atom. The number of hydrogen-bond donors (Lipinski definition) is 0. The largest absolute Gasteiger partial charge is 0.464 e. The Morgan fingerprint density at radius 2 is 1.91 bits per heavy atom. The Balaban J connectivity index is 1.51. The summed E-state index contributed by atoms with van der Waals surface area (Å²) in [6, 6.07) is 13.0. The van der Waals surface area contributed by atoms with E-state index in [2.05, 4.69) is 0 Å². The van der Waals surface area contributed by atoms with Gasteiger partial charge in [0.25, 0.3) is 5.91 Å². The third-order valence-electron chi connectivity index (χ3n) is 5.57. The van der Waals surface area contributed by atoms with Crippen molar-refractivity contribution in [1.82, 2.24) is 9.80 Å². The highest BCUT2D eigenvalue weighted by Gasteiger charge is 2.24. The van der Waals surface area contributed by atoms with E-state index in [1.54, 1.807) is 15.9 Å². The summed E-state index contributed by atoms with van der Waals surface area (Å²) in [6.07, 6.45) is 0.651. The Hall–Kier alpha value is -3.30. The molecular weight excluding hydrogens is 468 g/mol. The average Bonchev–Trinajstić information content (AvgIpc) is 3.62. The molecule has 3 aromatic rings. The number of fused-ring (bicyclic) bond motifs is 1.